The Kier molecular flexibility index (Phi) is 6.49. The number of hydrogen-bond acceptors (Lipinski definition) is 5. The molecule has 0 radical (unpaired) electrons. The Hall–Kier alpha value is -3.72. The lowest BCUT2D eigenvalue weighted by molar-refractivity contribution is -0.120. The zero-order valence-corrected chi connectivity index (χ0v) is 20.4. The Morgan fingerprint density at radius 2 is 1.81 bits per heavy atom. The molecule has 2 N–H and O–H groups in total. The summed E-state index contributed by atoms with van der Waals surface area (Å²) in [6.45, 7) is 4.65. The first-order chi connectivity index (χ1) is 17.3. The van der Waals surface area contributed by atoms with E-state index in [2.05, 4.69) is 10.6 Å². The molecule has 1 aromatic heterocycles. The van der Waals surface area contributed by atoms with Gasteiger partial charge >= 0.3 is 5.69 Å². The third-order valence-electron chi connectivity index (χ3n) is 6.86. The van der Waals surface area contributed by atoms with Crippen LogP contribution >= 0.6 is 0 Å². The number of carbonyl (C=O) groups is 2. The predicted molar refractivity (Wildman–Crippen MR) is 136 cm³/mol. The topological polar surface area (TPSA) is 111 Å². The van der Waals surface area contributed by atoms with Crippen LogP contribution in [0.25, 0.3) is 10.9 Å². The highest BCUT2D eigenvalue weighted by molar-refractivity contribution is 5.97. The Labute approximate surface area is 208 Å². The summed E-state index contributed by atoms with van der Waals surface area (Å²) in [6, 6.07) is 13.2. The predicted octanol–water partition coefficient (Wildman–Crippen LogP) is 2.54. The molecule has 2 amide bonds. The van der Waals surface area contributed by atoms with Gasteiger partial charge in [-0.3, -0.25) is 23.5 Å². The average molecular weight is 491 g/mol. The van der Waals surface area contributed by atoms with Crippen molar-refractivity contribution in [2.24, 2.45) is 11.8 Å². The van der Waals surface area contributed by atoms with Gasteiger partial charge in [-0.1, -0.05) is 18.2 Å². The van der Waals surface area contributed by atoms with E-state index in [1.54, 1.807) is 47.0 Å². The van der Waals surface area contributed by atoms with Crippen LogP contribution in [0.4, 0.5) is 5.69 Å². The number of nitrogens with one attached hydrogen (secondary N) is 2. The van der Waals surface area contributed by atoms with E-state index < -0.39 is 12.0 Å². The lowest BCUT2D eigenvalue weighted by Gasteiger charge is -2.20. The van der Waals surface area contributed by atoms with Crippen molar-refractivity contribution in [3.05, 3.63) is 74.9 Å². The van der Waals surface area contributed by atoms with Crippen LogP contribution in [0.15, 0.2) is 58.1 Å². The van der Waals surface area contributed by atoms with Crippen molar-refractivity contribution in [3.63, 3.8) is 0 Å². The van der Waals surface area contributed by atoms with Crippen molar-refractivity contribution < 1.29 is 14.3 Å². The Morgan fingerprint density at radius 3 is 2.50 bits per heavy atom. The SMILES string of the molecule is CC(C)n1c(=O)n(CC2CC2)c(=O)c2cc(NC(=O)C3COCC3NC(=O)c3ccccc3)ccc21. The third kappa shape index (κ3) is 4.70. The van der Waals surface area contributed by atoms with Gasteiger partial charge in [0.2, 0.25) is 5.91 Å². The summed E-state index contributed by atoms with van der Waals surface area (Å²) >= 11 is 0. The highest BCUT2D eigenvalue weighted by atomic mass is 16.5. The number of carbonyl (C=O) groups excluding carboxylic acids is 2. The van der Waals surface area contributed by atoms with E-state index in [4.69, 9.17) is 4.74 Å². The van der Waals surface area contributed by atoms with Crippen LogP contribution < -0.4 is 21.9 Å². The molecule has 5 rings (SSSR count). The molecule has 0 spiro atoms. The molecule has 2 unspecified atom stereocenters. The summed E-state index contributed by atoms with van der Waals surface area (Å²) in [5, 5.41) is 6.16. The van der Waals surface area contributed by atoms with E-state index >= 15 is 0 Å². The molecule has 1 saturated heterocycles. The molecular formula is C27H30N4O5. The molecule has 1 aliphatic heterocycles. The number of fused-ring (bicyclic) bond motifs is 1. The largest absolute Gasteiger partial charge is 0.378 e. The minimum Gasteiger partial charge on any atom is -0.378 e. The van der Waals surface area contributed by atoms with Crippen LogP contribution in [0.5, 0.6) is 0 Å². The van der Waals surface area contributed by atoms with Gasteiger partial charge in [-0.25, -0.2) is 4.79 Å². The zero-order valence-electron chi connectivity index (χ0n) is 20.4. The average Bonchev–Trinajstić information content (AvgIpc) is 3.57. The summed E-state index contributed by atoms with van der Waals surface area (Å²) in [5.41, 5.74) is 0.869. The molecule has 1 saturated carbocycles. The molecule has 36 heavy (non-hydrogen) atoms. The minimum atomic E-state index is -0.579. The fraction of sp³-hybridized carbons (Fsp3) is 0.407. The van der Waals surface area contributed by atoms with E-state index in [0.717, 1.165) is 12.8 Å². The number of aromatic nitrogens is 2. The summed E-state index contributed by atoms with van der Waals surface area (Å²) in [7, 11) is 0. The second kappa shape index (κ2) is 9.73. The molecule has 0 bridgehead atoms. The number of amides is 2. The smallest absolute Gasteiger partial charge is 0.331 e. The number of benzene rings is 2. The van der Waals surface area contributed by atoms with Crippen molar-refractivity contribution in [1.82, 2.24) is 14.5 Å². The molecule has 2 aromatic carbocycles. The van der Waals surface area contributed by atoms with E-state index in [-0.39, 0.29) is 42.3 Å². The van der Waals surface area contributed by atoms with Gasteiger partial charge in [0, 0.05) is 23.8 Å². The number of ether oxygens (including phenoxy) is 1. The van der Waals surface area contributed by atoms with Crippen LogP contribution in [0.1, 0.15) is 43.1 Å². The van der Waals surface area contributed by atoms with Gasteiger partial charge < -0.3 is 15.4 Å². The zero-order chi connectivity index (χ0) is 25.4. The van der Waals surface area contributed by atoms with E-state index in [0.29, 0.717) is 34.6 Å². The molecule has 2 fully saturated rings. The quantitative estimate of drug-likeness (QED) is 0.529. The van der Waals surface area contributed by atoms with Crippen LogP contribution in [-0.4, -0.2) is 40.2 Å². The van der Waals surface area contributed by atoms with Crippen LogP contribution in [0.3, 0.4) is 0 Å². The van der Waals surface area contributed by atoms with Gasteiger partial charge in [-0.15, -0.1) is 0 Å². The van der Waals surface area contributed by atoms with Gasteiger partial charge in [0.15, 0.2) is 0 Å². The van der Waals surface area contributed by atoms with Gasteiger partial charge in [0.25, 0.3) is 11.5 Å². The number of rotatable bonds is 7. The minimum absolute atomic E-state index is 0.129. The maximum absolute atomic E-state index is 13.3. The van der Waals surface area contributed by atoms with Gasteiger partial charge in [0.1, 0.15) is 0 Å². The first-order valence-corrected chi connectivity index (χ1v) is 12.4. The monoisotopic (exact) mass is 490 g/mol. The fourth-order valence-electron chi connectivity index (χ4n) is 4.71. The van der Waals surface area contributed by atoms with Crippen molar-refractivity contribution in [1.29, 1.82) is 0 Å². The molecule has 9 nitrogen and oxygen atoms in total. The Balaban J connectivity index is 1.39. The number of hydrogen-bond donors (Lipinski definition) is 2. The first kappa shape index (κ1) is 24.0. The summed E-state index contributed by atoms with van der Waals surface area (Å²) in [4.78, 5) is 52.0. The maximum atomic E-state index is 13.3. The van der Waals surface area contributed by atoms with Crippen molar-refractivity contribution >= 4 is 28.4 Å². The molecule has 2 atom stereocenters. The normalized spacial score (nSPS) is 19.5. The summed E-state index contributed by atoms with van der Waals surface area (Å²) < 4.78 is 8.46. The van der Waals surface area contributed by atoms with Gasteiger partial charge in [-0.2, -0.15) is 0 Å². The maximum Gasteiger partial charge on any atom is 0.331 e. The molecular weight excluding hydrogens is 460 g/mol. The molecule has 2 heterocycles. The molecule has 9 heteroatoms. The van der Waals surface area contributed by atoms with Gasteiger partial charge in [-0.05, 0) is 62.9 Å². The number of nitrogens with zero attached hydrogens (tertiary/aromatic N) is 2. The first-order valence-electron chi connectivity index (χ1n) is 12.4. The Bertz CT molecular complexity index is 1420. The van der Waals surface area contributed by atoms with Crippen LogP contribution in [0.2, 0.25) is 0 Å². The van der Waals surface area contributed by atoms with E-state index in [1.165, 1.54) is 4.57 Å². The standard InChI is InChI=1S/C27H30N4O5/c1-16(2)31-23-11-10-19(12-20(23)26(34)30(27(31)35)13-17-8-9-17)28-25(33)21-14-36-15-22(21)29-24(32)18-6-4-3-5-7-18/h3-7,10-12,16-17,21-22H,8-9,13-15H2,1-2H3,(H,28,33)(H,29,32). The van der Waals surface area contributed by atoms with E-state index in [1.807, 2.05) is 19.9 Å². The van der Waals surface area contributed by atoms with Crippen molar-refractivity contribution in [2.75, 3.05) is 18.5 Å². The highest BCUT2D eigenvalue weighted by Crippen LogP contribution is 2.30. The summed E-state index contributed by atoms with van der Waals surface area (Å²) in [6.07, 6.45) is 2.04. The van der Waals surface area contributed by atoms with Crippen molar-refractivity contribution in [2.45, 2.75) is 45.3 Å². The molecule has 1 aliphatic carbocycles. The summed E-state index contributed by atoms with van der Waals surface area (Å²) in [5.74, 6) is -0.788. The second-order valence-corrected chi connectivity index (χ2v) is 9.92. The molecule has 188 valence electrons. The van der Waals surface area contributed by atoms with E-state index in [9.17, 15) is 19.2 Å². The lowest BCUT2D eigenvalue weighted by atomic mass is 10.0. The lowest BCUT2D eigenvalue weighted by Crippen LogP contribution is -2.44. The fourth-order valence-corrected chi connectivity index (χ4v) is 4.71. The van der Waals surface area contributed by atoms with Gasteiger partial charge in [0.05, 0.1) is 36.1 Å². The molecule has 3 aromatic rings. The van der Waals surface area contributed by atoms with Crippen LogP contribution in [-0.2, 0) is 16.1 Å². The Morgan fingerprint density at radius 1 is 1.06 bits per heavy atom. The van der Waals surface area contributed by atoms with Crippen LogP contribution in [0, 0.1) is 11.8 Å². The molecule has 2 aliphatic rings. The van der Waals surface area contributed by atoms with Crippen molar-refractivity contribution in [3.8, 4) is 0 Å². The number of anilines is 1. The highest BCUT2D eigenvalue weighted by Gasteiger charge is 2.35. The third-order valence-corrected chi connectivity index (χ3v) is 6.86. The second-order valence-electron chi connectivity index (χ2n) is 9.92.